The van der Waals surface area contributed by atoms with Crippen LogP contribution in [0.5, 0.6) is 0 Å². The van der Waals surface area contributed by atoms with Crippen molar-refractivity contribution in [1.82, 2.24) is 0 Å². The number of methoxy groups -OCH3 is 2. The normalized spacial score (nSPS) is 21.0. The largest absolute Gasteiger partial charge is 0.468 e. The molecule has 0 amide bonds. The number of rotatable bonds is 5. The number of alkyl halides is 3. The van der Waals surface area contributed by atoms with Crippen molar-refractivity contribution < 1.29 is 37.0 Å². The molecule has 2 aliphatic rings. The van der Waals surface area contributed by atoms with Crippen molar-refractivity contribution in [3.8, 4) is 0 Å². The molecule has 7 nitrogen and oxygen atoms in total. The molecule has 1 aromatic heterocycles. The summed E-state index contributed by atoms with van der Waals surface area (Å²) in [5, 5.41) is 1.78. The summed E-state index contributed by atoms with van der Waals surface area (Å²) in [7, 11) is 2.37. The Morgan fingerprint density at radius 2 is 1.66 bits per heavy atom. The number of thiophene rings is 1. The van der Waals surface area contributed by atoms with Gasteiger partial charge in [0.05, 0.1) is 31.3 Å². The second-order valence-corrected chi connectivity index (χ2v) is 10.5. The van der Waals surface area contributed by atoms with Crippen LogP contribution in [0, 0.1) is 5.92 Å². The zero-order valence-electron chi connectivity index (χ0n) is 22.0. The van der Waals surface area contributed by atoms with E-state index in [0.717, 1.165) is 12.1 Å². The number of nitrogens with zero attached hydrogens (tertiary/aromatic N) is 1. The highest BCUT2D eigenvalue weighted by Gasteiger charge is 2.51. The third-order valence-corrected chi connectivity index (χ3v) is 8.34. The number of nitrogens with two attached hydrogens (primary N) is 1. The van der Waals surface area contributed by atoms with Crippen LogP contribution < -0.4 is 10.6 Å². The lowest BCUT2D eigenvalue weighted by Gasteiger charge is -2.43. The number of carbonyl (C=O) groups is 3. The molecule has 2 aromatic carbocycles. The van der Waals surface area contributed by atoms with Crippen LogP contribution in [0.25, 0.3) is 0 Å². The van der Waals surface area contributed by atoms with Gasteiger partial charge in [0.25, 0.3) is 0 Å². The van der Waals surface area contributed by atoms with Crippen molar-refractivity contribution in [1.29, 1.82) is 0 Å². The molecule has 2 N–H and O–H groups in total. The summed E-state index contributed by atoms with van der Waals surface area (Å²) in [6, 6.07) is 16.7. The Bertz CT molecular complexity index is 1550. The number of anilines is 1. The number of hydrogen-bond acceptors (Lipinski definition) is 8. The quantitative estimate of drug-likeness (QED) is 0.313. The van der Waals surface area contributed by atoms with E-state index in [9.17, 15) is 27.6 Å². The van der Waals surface area contributed by atoms with Gasteiger partial charge >= 0.3 is 18.1 Å². The van der Waals surface area contributed by atoms with Crippen molar-refractivity contribution in [2.45, 2.75) is 24.4 Å². The van der Waals surface area contributed by atoms with Gasteiger partial charge in [0.15, 0.2) is 5.78 Å². The summed E-state index contributed by atoms with van der Waals surface area (Å²) in [6.45, 7) is 0. The molecular formula is C30H25F3N2O5S. The van der Waals surface area contributed by atoms with Gasteiger partial charge in [-0.15, -0.1) is 11.3 Å². The first-order chi connectivity index (χ1) is 19.6. The Kier molecular flexibility index (Phi) is 7.48. The smallest absolute Gasteiger partial charge is 0.416 e. The van der Waals surface area contributed by atoms with E-state index in [2.05, 4.69) is 0 Å². The Labute approximate surface area is 237 Å². The highest BCUT2D eigenvalue weighted by atomic mass is 32.1. The molecule has 0 saturated carbocycles. The fraction of sp³-hybridized carbons (Fsp3) is 0.233. The lowest BCUT2D eigenvalue weighted by Crippen LogP contribution is -2.46. The zero-order valence-corrected chi connectivity index (χ0v) is 22.8. The summed E-state index contributed by atoms with van der Waals surface area (Å²) < 4.78 is 50.2. The van der Waals surface area contributed by atoms with Crippen LogP contribution in [0.4, 0.5) is 18.9 Å². The lowest BCUT2D eigenvalue weighted by molar-refractivity contribution is -0.150. The zero-order chi connectivity index (χ0) is 29.5. The van der Waals surface area contributed by atoms with Crippen LogP contribution in [0.1, 0.15) is 34.3 Å². The second-order valence-electron chi connectivity index (χ2n) is 9.57. The van der Waals surface area contributed by atoms with E-state index in [1.54, 1.807) is 47.8 Å². The van der Waals surface area contributed by atoms with Crippen LogP contribution >= 0.6 is 11.3 Å². The average molecular weight is 583 g/mol. The number of ether oxygens (including phenoxy) is 2. The molecule has 0 unspecified atom stereocenters. The summed E-state index contributed by atoms with van der Waals surface area (Å²) in [6.07, 6.45) is -4.45. The number of hydrogen-bond donors (Lipinski definition) is 1. The fourth-order valence-electron chi connectivity index (χ4n) is 5.58. The van der Waals surface area contributed by atoms with Crippen LogP contribution in [-0.2, 0) is 30.0 Å². The number of esters is 2. The van der Waals surface area contributed by atoms with E-state index in [1.165, 1.54) is 42.6 Å². The maximum atomic E-state index is 14.4. The van der Waals surface area contributed by atoms with E-state index >= 15 is 0 Å². The van der Waals surface area contributed by atoms with E-state index in [4.69, 9.17) is 15.2 Å². The Morgan fingerprint density at radius 1 is 0.976 bits per heavy atom. The van der Waals surface area contributed by atoms with Crippen LogP contribution in [-0.4, -0.2) is 31.9 Å². The highest BCUT2D eigenvalue weighted by molar-refractivity contribution is 7.10. The molecule has 1 aliphatic carbocycles. The fourth-order valence-corrected chi connectivity index (χ4v) is 6.43. The topological polar surface area (TPSA) is 98.9 Å². The van der Waals surface area contributed by atoms with Gasteiger partial charge in [-0.25, -0.2) is 4.79 Å². The van der Waals surface area contributed by atoms with Crippen molar-refractivity contribution in [3.05, 3.63) is 111 Å². The molecule has 11 heteroatoms. The first-order valence-corrected chi connectivity index (χ1v) is 13.4. The second kappa shape index (κ2) is 10.9. The van der Waals surface area contributed by atoms with Crippen LogP contribution in [0.15, 0.2) is 94.8 Å². The molecular weight excluding hydrogens is 557 g/mol. The van der Waals surface area contributed by atoms with Gasteiger partial charge in [0.2, 0.25) is 0 Å². The first-order valence-electron chi connectivity index (χ1n) is 12.6. The van der Waals surface area contributed by atoms with Crippen molar-refractivity contribution in [3.63, 3.8) is 0 Å². The molecule has 5 rings (SSSR count). The first kappa shape index (κ1) is 28.2. The summed E-state index contributed by atoms with van der Waals surface area (Å²) >= 11 is 1.29. The Balaban J connectivity index is 1.79. The molecule has 0 saturated heterocycles. The average Bonchev–Trinajstić information content (AvgIpc) is 3.50. The third-order valence-electron chi connectivity index (χ3n) is 7.41. The standard InChI is InChI=1S/C30H25F3N2O5S/c1-39-28(37)22-19(16-7-4-3-5-8-16)15-20-23(26(22)36)24(21-9-6-14-41-21)25(29(38)40-2)27(34)35(20)18-12-10-17(11-13-18)30(31,32)33/h3-14,19,22,24H,15,34H2,1-2H3/t19-,22+,24+/m1/s1. The van der Waals surface area contributed by atoms with Gasteiger partial charge in [0.1, 0.15) is 11.7 Å². The Hall–Kier alpha value is -4.38. The summed E-state index contributed by atoms with van der Waals surface area (Å²) in [4.78, 5) is 42.8. The van der Waals surface area contributed by atoms with Crippen molar-refractivity contribution in [2.24, 2.45) is 11.7 Å². The predicted octanol–water partition coefficient (Wildman–Crippen LogP) is 5.51. The third kappa shape index (κ3) is 4.90. The minimum Gasteiger partial charge on any atom is -0.468 e. The van der Waals surface area contributed by atoms with Gasteiger partial charge in [-0.2, -0.15) is 13.2 Å². The number of benzene rings is 2. The lowest BCUT2D eigenvalue weighted by atomic mass is 9.68. The monoisotopic (exact) mass is 582 g/mol. The number of ketones is 1. The molecule has 212 valence electrons. The molecule has 3 aromatic rings. The minimum absolute atomic E-state index is 0.0521. The van der Waals surface area contributed by atoms with Crippen LogP contribution in [0.3, 0.4) is 0 Å². The minimum atomic E-state index is -4.57. The molecule has 3 atom stereocenters. The van der Waals surface area contributed by atoms with Gasteiger partial charge < -0.3 is 15.2 Å². The van der Waals surface area contributed by atoms with Gasteiger partial charge in [0, 0.05) is 27.8 Å². The Morgan fingerprint density at radius 3 is 2.22 bits per heavy atom. The van der Waals surface area contributed by atoms with Crippen molar-refractivity contribution in [2.75, 3.05) is 19.1 Å². The van der Waals surface area contributed by atoms with Crippen LogP contribution in [0.2, 0.25) is 0 Å². The number of carbonyl (C=O) groups excluding carboxylic acids is 3. The molecule has 2 heterocycles. The van der Waals surface area contributed by atoms with Gasteiger partial charge in [-0.3, -0.25) is 14.5 Å². The van der Waals surface area contributed by atoms with E-state index in [-0.39, 0.29) is 29.1 Å². The predicted molar refractivity (Wildman–Crippen MR) is 146 cm³/mol. The number of allylic oxidation sites excluding steroid dienone is 2. The van der Waals surface area contributed by atoms with Crippen molar-refractivity contribution >= 4 is 34.7 Å². The number of Topliss-reactive ketones (excluding diaryl/α,β-unsaturated/α-hetero) is 1. The van der Waals surface area contributed by atoms with Gasteiger partial charge in [-0.1, -0.05) is 36.4 Å². The number of halogens is 3. The summed E-state index contributed by atoms with van der Waals surface area (Å²) in [5.74, 6) is -5.03. The molecule has 0 radical (unpaired) electrons. The maximum absolute atomic E-state index is 14.4. The maximum Gasteiger partial charge on any atom is 0.416 e. The highest BCUT2D eigenvalue weighted by Crippen LogP contribution is 2.52. The molecule has 1 aliphatic heterocycles. The molecule has 41 heavy (non-hydrogen) atoms. The van der Waals surface area contributed by atoms with E-state index < -0.39 is 47.2 Å². The van der Waals surface area contributed by atoms with Gasteiger partial charge in [-0.05, 0) is 47.7 Å². The molecule has 0 bridgehead atoms. The summed E-state index contributed by atoms with van der Waals surface area (Å²) in [5.41, 5.74) is 7.18. The van der Waals surface area contributed by atoms with E-state index in [0.29, 0.717) is 16.1 Å². The van der Waals surface area contributed by atoms with E-state index in [1.807, 2.05) is 0 Å². The molecule has 0 spiro atoms. The SMILES string of the molecule is COC(=O)C1=C(N)N(c2ccc(C(F)(F)F)cc2)C2=C(C(=O)[C@@H](C(=O)OC)[C@@H](c3ccccc3)C2)[C@@H]1c1cccs1. The molecule has 0 fully saturated rings.